The summed E-state index contributed by atoms with van der Waals surface area (Å²) < 4.78 is 33.0. The fourth-order valence-corrected chi connectivity index (χ4v) is 5.07. The molecule has 174 valence electrons. The highest BCUT2D eigenvalue weighted by Gasteiger charge is 2.23. The molecular formula is C31H29N3O. The Morgan fingerprint density at radius 3 is 2.31 bits per heavy atom. The van der Waals surface area contributed by atoms with E-state index in [2.05, 4.69) is 63.0 Å². The SMILES string of the molecule is [2H]C([2H])([2H])c1nccc2nc(-c3ccc4oc5ccccc5c4c3)n(-c3c(C(C)C)cccc3C(C)C)c12. The third kappa shape index (κ3) is 3.35. The first-order valence-corrected chi connectivity index (χ1v) is 12.1. The number of fused-ring (bicyclic) bond motifs is 4. The van der Waals surface area contributed by atoms with E-state index in [1.54, 1.807) is 6.07 Å². The summed E-state index contributed by atoms with van der Waals surface area (Å²) in [6.45, 7) is 6.25. The van der Waals surface area contributed by atoms with Crippen LogP contribution in [0.15, 0.2) is 77.3 Å². The van der Waals surface area contributed by atoms with Gasteiger partial charge in [-0.05, 0) is 60.1 Å². The van der Waals surface area contributed by atoms with Crippen molar-refractivity contribution in [1.29, 1.82) is 0 Å². The van der Waals surface area contributed by atoms with Crippen LogP contribution in [0.2, 0.25) is 0 Å². The number of furan rings is 1. The van der Waals surface area contributed by atoms with Crippen LogP contribution in [0.1, 0.15) is 60.5 Å². The van der Waals surface area contributed by atoms with Gasteiger partial charge < -0.3 is 4.42 Å². The van der Waals surface area contributed by atoms with Crippen LogP contribution in [0.5, 0.6) is 0 Å². The van der Waals surface area contributed by atoms with E-state index in [0.717, 1.165) is 44.3 Å². The molecule has 4 heteroatoms. The second-order valence-electron chi connectivity index (χ2n) is 9.70. The minimum Gasteiger partial charge on any atom is -0.456 e. The van der Waals surface area contributed by atoms with E-state index in [0.29, 0.717) is 16.9 Å². The molecule has 0 N–H and O–H groups in total. The van der Waals surface area contributed by atoms with Crippen molar-refractivity contribution < 1.29 is 8.53 Å². The van der Waals surface area contributed by atoms with E-state index in [1.807, 2.05) is 34.9 Å². The summed E-state index contributed by atoms with van der Waals surface area (Å²) in [7, 11) is 0. The normalized spacial score (nSPS) is 13.7. The molecule has 0 bridgehead atoms. The molecule has 0 spiro atoms. The van der Waals surface area contributed by atoms with Gasteiger partial charge in [0.05, 0.1) is 22.4 Å². The van der Waals surface area contributed by atoms with Crippen LogP contribution in [0, 0.1) is 6.85 Å². The standard InChI is InChI=1S/C31H29N3O/c1-18(2)22-10-8-11-23(19(3)4)30(22)34-29-20(5)32-16-15-26(29)33-31(34)21-13-14-28-25(17-21)24-9-6-7-12-27(24)35-28/h6-19H,1-5H3/i5D3. The molecule has 4 nitrogen and oxygen atoms in total. The average molecular weight is 463 g/mol. The Morgan fingerprint density at radius 1 is 0.829 bits per heavy atom. The Labute approximate surface area is 209 Å². The summed E-state index contributed by atoms with van der Waals surface area (Å²) in [5.74, 6) is 1.10. The highest BCUT2D eigenvalue weighted by molar-refractivity contribution is 6.06. The summed E-state index contributed by atoms with van der Waals surface area (Å²) in [6.07, 6.45) is 1.54. The van der Waals surface area contributed by atoms with Crippen LogP contribution in [-0.2, 0) is 0 Å². The lowest BCUT2D eigenvalue weighted by Gasteiger charge is -2.23. The molecule has 0 aliphatic carbocycles. The molecule has 0 unspecified atom stereocenters. The monoisotopic (exact) mass is 462 g/mol. The summed E-state index contributed by atoms with van der Waals surface area (Å²) in [6, 6.07) is 22.2. The van der Waals surface area contributed by atoms with E-state index in [1.165, 1.54) is 6.20 Å². The van der Waals surface area contributed by atoms with Crippen molar-refractivity contribution >= 4 is 33.0 Å². The highest BCUT2D eigenvalue weighted by atomic mass is 16.3. The molecule has 0 amide bonds. The fourth-order valence-electron chi connectivity index (χ4n) is 5.07. The Morgan fingerprint density at radius 2 is 1.57 bits per heavy atom. The van der Waals surface area contributed by atoms with Crippen molar-refractivity contribution in [3.8, 4) is 17.1 Å². The zero-order chi connectivity index (χ0) is 26.8. The number of hydrogen-bond acceptors (Lipinski definition) is 3. The number of aromatic nitrogens is 3. The van der Waals surface area contributed by atoms with Gasteiger partial charge in [-0.3, -0.25) is 9.55 Å². The second kappa shape index (κ2) is 8.09. The maximum atomic E-state index is 8.30. The first-order chi connectivity index (χ1) is 18.1. The maximum absolute atomic E-state index is 8.30. The van der Waals surface area contributed by atoms with Crippen molar-refractivity contribution in [3.05, 3.63) is 89.7 Å². The van der Waals surface area contributed by atoms with Gasteiger partial charge in [0.25, 0.3) is 0 Å². The van der Waals surface area contributed by atoms with E-state index < -0.39 is 6.85 Å². The van der Waals surface area contributed by atoms with Crippen LogP contribution in [0.4, 0.5) is 0 Å². The van der Waals surface area contributed by atoms with Gasteiger partial charge in [0, 0.05) is 26.6 Å². The molecule has 6 rings (SSSR count). The molecule has 0 fully saturated rings. The Hall–Kier alpha value is -3.92. The van der Waals surface area contributed by atoms with Gasteiger partial charge in [-0.1, -0.05) is 64.1 Å². The van der Waals surface area contributed by atoms with E-state index >= 15 is 0 Å². The van der Waals surface area contributed by atoms with Gasteiger partial charge in [-0.15, -0.1) is 0 Å². The summed E-state index contributed by atoms with van der Waals surface area (Å²) in [4.78, 5) is 9.41. The van der Waals surface area contributed by atoms with Gasteiger partial charge in [-0.25, -0.2) is 4.98 Å². The molecule has 3 heterocycles. The topological polar surface area (TPSA) is 43.9 Å². The Bertz CT molecular complexity index is 1800. The molecule has 0 saturated carbocycles. The molecule has 3 aromatic carbocycles. The van der Waals surface area contributed by atoms with Crippen molar-refractivity contribution in [2.24, 2.45) is 0 Å². The first kappa shape index (κ1) is 18.4. The Kier molecular flexibility index (Phi) is 4.26. The lowest BCUT2D eigenvalue weighted by Crippen LogP contribution is -2.09. The number of para-hydroxylation sites is 2. The van der Waals surface area contributed by atoms with Crippen molar-refractivity contribution in [2.45, 2.75) is 46.4 Å². The van der Waals surface area contributed by atoms with E-state index in [4.69, 9.17) is 13.5 Å². The van der Waals surface area contributed by atoms with Gasteiger partial charge in [-0.2, -0.15) is 0 Å². The van der Waals surface area contributed by atoms with Gasteiger partial charge in [0.1, 0.15) is 17.0 Å². The van der Waals surface area contributed by atoms with Gasteiger partial charge in [0.2, 0.25) is 0 Å². The molecule has 35 heavy (non-hydrogen) atoms. The van der Waals surface area contributed by atoms with Crippen LogP contribution in [-0.4, -0.2) is 14.5 Å². The van der Waals surface area contributed by atoms with Crippen LogP contribution >= 0.6 is 0 Å². The summed E-state index contributed by atoms with van der Waals surface area (Å²) >= 11 is 0. The summed E-state index contributed by atoms with van der Waals surface area (Å²) in [5.41, 5.74) is 6.93. The smallest absolute Gasteiger partial charge is 0.145 e. The Balaban J connectivity index is 1.77. The first-order valence-electron chi connectivity index (χ1n) is 13.6. The quantitative estimate of drug-likeness (QED) is 0.264. The molecule has 6 aromatic rings. The number of imidazole rings is 1. The maximum Gasteiger partial charge on any atom is 0.145 e. The largest absolute Gasteiger partial charge is 0.456 e. The zero-order valence-corrected chi connectivity index (χ0v) is 20.3. The third-order valence-corrected chi connectivity index (χ3v) is 6.77. The van der Waals surface area contributed by atoms with E-state index in [-0.39, 0.29) is 17.5 Å². The number of nitrogens with zero attached hydrogens (tertiary/aromatic N) is 3. The molecular weight excluding hydrogens is 430 g/mol. The summed E-state index contributed by atoms with van der Waals surface area (Å²) in [5, 5.41) is 2.02. The van der Waals surface area contributed by atoms with Crippen molar-refractivity contribution in [3.63, 3.8) is 0 Å². The number of benzene rings is 3. The van der Waals surface area contributed by atoms with Gasteiger partial charge >= 0.3 is 0 Å². The molecule has 0 aliphatic rings. The third-order valence-electron chi connectivity index (χ3n) is 6.77. The average Bonchev–Trinajstić information content (AvgIpc) is 3.45. The van der Waals surface area contributed by atoms with Crippen molar-refractivity contribution in [2.75, 3.05) is 0 Å². The molecule has 0 aliphatic heterocycles. The molecule has 3 aromatic heterocycles. The zero-order valence-electron chi connectivity index (χ0n) is 23.3. The fraction of sp³-hybridized carbons (Fsp3) is 0.226. The van der Waals surface area contributed by atoms with Gasteiger partial charge in [0.15, 0.2) is 0 Å². The predicted molar refractivity (Wildman–Crippen MR) is 144 cm³/mol. The lowest BCUT2D eigenvalue weighted by atomic mass is 9.92. The van der Waals surface area contributed by atoms with Crippen LogP contribution < -0.4 is 0 Å². The number of aryl methyl sites for hydroxylation is 1. The van der Waals surface area contributed by atoms with Crippen molar-refractivity contribution in [1.82, 2.24) is 14.5 Å². The number of pyridine rings is 1. The van der Waals surface area contributed by atoms with Crippen LogP contribution in [0.25, 0.3) is 50.0 Å². The predicted octanol–water partition coefficient (Wildman–Crippen LogP) is 8.54. The highest BCUT2D eigenvalue weighted by Crippen LogP contribution is 2.39. The van der Waals surface area contributed by atoms with Crippen LogP contribution in [0.3, 0.4) is 0 Å². The lowest BCUT2D eigenvalue weighted by molar-refractivity contribution is 0.669. The molecule has 0 radical (unpaired) electrons. The number of rotatable bonds is 4. The second-order valence-corrected chi connectivity index (χ2v) is 9.70. The molecule has 0 atom stereocenters. The minimum atomic E-state index is -2.40. The minimum absolute atomic E-state index is 0.0526. The molecule has 0 saturated heterocycles. The van der Waals surface area contributed by atoms with E-state index in [9.17, 15) is 0 Å². The number of hydrogen-bond donors (Lipinski definition) is 0.